The third kappa shape index (κ3) is 5.63. The molecule has 5 nitrogen and oxygen atoms in total. The summed E-state index contributed by atoms with van der Waals surface area (Å²) in [4.78, 5) is 17.8. The molecule has 0 amide bonds. The van der Waals surface area contributed by atoms with Crippen LogP contribution in [-0.4, -0.2) is 40.6 Å². The molecule has 0 bridgehead atoms. The Morgan fingerprint density at radius 3 is 2.74 bits per heavy atom. The van der Waals surface area contributed by atoms with E-state index in [9.17, 15) is 4.79 Å². The van der Waals surface area contributed by atoms with E-state index in [1.54, 1.807) is 11.9 Å². The van der Waals surface area contributed by atoms with E-state index >= 15 is 0 Å². The Kier molecular flexibility index (Phi) is 7.98. The second-order valence-corrected chi connectivity index (χ2v) is 7.84. The Hall–Kier alpha value is -2.21. The fourth-order valence-electron chi connectivity index (χ4n) is 2.82. The Morgan fingerprint density at radius 1 is 1.33 bits per heavy atom. The molecule has 0 unspecified atom stereocenters. The number of unbranched alkanes of at least 4 members (excludes halogenated alkanes) is 1. The SMILES string of the molecule is CCCCn1cnc2c(NSCC)cc(C(/C=C(/C)C=O)=C/N(C)C)cc21. The molecule has 0 saturated carbocycles. The molecule has 0 saturated heterocycles. The summed E-state index contributed by atoms with van der Waals surface area (Å²) in [6, 6.07) is 4.29. The number of imidazole rings is 1. The first kappa shape index (κ1) is 21.1. The number of aryl methyl sites for hydroxylation is 1. The highest BCUT2D eigenvalue weighted by molar-refractivity contribution is 8.00. The topological polar surface area (TPSA) is 50.2 Å². The molecular formula is C21H30N4OS. The highest BCUT2D eigenvalue weighted by Crippen LogP contribution is 2.31. The molecule has 0 spiro atoms. The van der Waals surface area contributed by atoms with Crippen LogP contribution in [0.5, 0.6) is 0 Å². The maximum atomic E-state index is 11.2. The van der Waals surface area contributed by atoms with Crippen LogP contribution >= 0.6 is 11.9 Å². The Labute approximate surface area is 166 Å². The first-order chi connectivity index (χ1) is 13.0. The standard InChI is InChI=1S/C21H30N4OS/c1-6-8-9-25-15-22-21-19(23-27-7-2)11-17(12-20(21)25)18(13-24(4)5)10-16(3)14-26/h10-15,23H,6-9H2,1-5H3/b16-10-,18-13+. The molecule has 6 heteroatoms. The minimum Gasteiger partial charge on any atom is -0.383 e. The lowest BCUT2D eigenvalue weighted by molar-refractivity contribution is -0.104. The maximum Gasteiger partial charge on any atom is 0.145 e. The summed E-state index contributed by atoms with van der Waals surface area (Å²) in [7, 11) is 3.97. The number of hydrogen-bond acceptors (Lipinski definition) is 5. The van der Waals surface area contributed by atoms with Crippen molar-refractivity contribution in [2.75, 3.05) is 24.6 Å². The lowest BCUT2D eigenvalue weighted by Gasteiger charge is -2.14. The molecule has 0 aliphatic carbocycles. The van der Waals surface area contributed by atoms with Crippen molar-refractivity contribution in [2.24, 2.45) is 0 Å². The van der Waals surface area contributed by atoms with Gasteiger partial charge in [-0.3, -0.25) is 4.79 Å². The molecule has 2 rings (SSSR count). The van der Waals surface area contributed by atoms with E-state index in [-0.39, 0.29) is 0 Å². The van der Waals surface area contributed by atoms with Crippen LogP contribution in [0, 0.1) is 0 Å². The molecule has 1 aromatic heterocycles. The highest BCUT2D eigenvalue weighted by atomic mass is 32.2. The van der Waals surface area contributed by atoms with Gasteiger partial charge in [-0.2, -0.15) is 0 Å². The third-order valence-corrected chi connectivity index (χ3v) is 4.76. The zero-order chi connectivity index (χ0) is 19.8. The molecule has 1 N–H and O–H groups in total. The zero-order valence-electron chi connectivity index (χ0n) is 17.0. The van der Waals surface area contributed by atoms with E-state index in [2.05, 4.69) is 40.3 Å². The minimum absolute atomic E-state index is 0.695. The van der Waals surface area contributed by atoms with Gasteiger partial charge in [-0.25, -0.2) is 4.98 Å². The second kappa shape index (κ2) is 10.2. The number of allylic oxidation sites excluding steroid dienone is 3. The van der Waals surface area contributed by atoms with Gasteiger partial charge in [-0.1, -0.05) is 32.2 Å². The van der Waals surface area contributed by atoms with Gasteiger partial charge in [-0.05, 0) is 48.3 Å². The van der Waals surface area contributed by atoms with Crippen molar-refractivity contribution in [2.45, 2.75) is 40.2 Å². The average Bonchev–Trinajstić information content (AvgIpc) is 3.06. The van der Waals surface area contributed by atoms with Crippen molar-refractivity contribution in [1.82, 2.24) is 14.5 Å². The molecule has 1 aromatic carbocycles. The summed E-state index contributed by atoms with van der Waals surface area (Å²) in [6.45, 7) is 7.09. The monoisotopic (exact) mass is 386 g/mol. The van der Waals surface area contributed by atoms with Gasteiger partial charge in [0.1, 0.15) is 11.8 Å². The van der Waals surface area contributed by atoms with Crippen molar-refractivity contribution in [3.8, 4) is 0 Å². The van der Waals surface area contributed by atoms with Gasteiger partial charge in [0, 0.05) is 32.6 Å². The van der Waals surface area contributed by atoms with Gasteiger partial charge in [0.15, 0.2) is 0 Å². The zero-order valence-corrected chi connectivity index (χ0v) is 17.8. The van der Waals surface area contributed by atoms with Gasteiger partial charge >= 0.3 is 0 Å². The number of fused-ring (bicyclic) bond motifs is 1. The largest absolute Gasteiger partial charge is 0.383 e. The molecule has 0 aliphatic heterocycles. The highest BCUT2D eigenvalue weighted by Gasteiger charge is 2.12. The van der Waals surface area contributed by atoms with Gasteiger partial charge in [0.25, 0.3) is 0 Å². The summed E-state index contributed by atoms with van der Waals surface area (Å²) in [6.07, 6.45) is 9.04. The van der Waals surface area contributed by atoms with Gasteiger partial charge in [0.2, 0.25) is 0 Å². The number of anilines is 1. The first-order valence-corrected chi connectivity index (χ1v) is 10.4. The molecule has 1 heterocycles. The fourth-order valence-corrected chi connectivity index (χ4v) is 3.27. The van der Waals surface area contributed by atoms with Crippen molar-refractivity contribution in [3.05, 3.63) is 41.9 Å². The van der Waals surface area contributed by atoms with Gasteiger partial charge in [0.05, 0.1) is 17.5 Å². The van der Waals surface area contributed by atoms with Gasteiger partial charge in [-0.15, -0.1) is 0 Å². The lowest BCUT2D eigenvalue weighted by Crippen LogP contribution is -2.03. The number of carbonyl (C=O) groups is 1. The van der Waals surface area contributed by atoms with Crippen molar-refractivity contribution in [1.29, 1.82) is 0 Å². The summed E-state index contributed by atoms with van der Waals surface area (Å²) < 4.78 is 5.65. The molecular weight excluding hydrogens is 356 g/mol. The van der Waals surface area contributed by atoms with Crippen molar-refractivity contribution < 1.29 is 4.79 Å². The van der Waals surface area contributed by atoms with E-state index in [1.807, 2.05) is 44.5 Å². The van der Waals surface area contributed by atoms with Crippen LogP contribution in [0.3, 0.4) is 0 Å². The molecule has 0 fully saturated rings. The minimum atomic E-state index is 0.695. The maximum absolute atomic E-state index is 11.2. The summed E-state index contributed by atoms with van der Waals surface area (Å²) in [5, 5.41) is 0. The molecule has 146 valence electrons. The van der Waals surface area contributed by atoms with Crippen LogP contribution in [0.4, 0.5) is 5.69 Å². The van der Waals surface area contributed by atoms with Crippen LogP contribution in [0.25, 0.3) is 16.6 Å². The number of aromatic nitrogens is 2. The Bertz CT molecular complexity index is 836. The Balaban J connectivity index is 2.63. The summed E-state index contributed by atoms with van der Waals surface area (Å²) in [5.41, 5.74) is 5.86. The lowest BCUT2D eigenvalue weighted by atomic mass is 10.0. The normalized spacial score (nSPS) is 12.5. The van der Waals surface area contributed by atoms with E-state index in [0.29, 0.717) is 5.57 Å². The van der Waals surface area contributed by atoms with Crippen LogP contribution in [0.15, 0.2) is 36.3 Å². The van der Waals surface area contributed by atoms with Gasteiger partial charge < -0.3 is 14.2 Å². The number of hydrogen-bond donors (Lipinski definition) is 1. The number of benzene rings is 1. The van der Waals surface area contributed by atoms with E-state index in [0.717, 1.165) is 59.3 Å². The molecule has 0 radical (unpaired) electrons. The number of rotatable bonds is 10. The summed E-state index contributed by atoms with van der Waals surface area (Å²) in [5.74, 6) is 0.965. The molecule has 2 aromatic rings. The van der Waals surface area contributed by atoms with Crippen LogP contribution in [0.1, 0.15) is 39.2 Å². The van der Waals surface area contributed by atoms with E-state index in [4.69, 9.17) is 0 Å². The summed E-state index contributed by atoms with van der Waals surface area (Å²) >= 11 is 1.66. The van der Waals surface area contributed by atoms with Crippen LogP contribution in [-0.2, 0) is 11.3 Å². The predicted octanol–water partition coefficient (Wildman–Crippen LogP) is 4.96. The predicted molar refractivity (Wildman–Crippen MR) is 118 cm³/mol. The first-order valence-electron chi connectivity index (χ1n) is 9.38. The van der Waals surface area contributed by atoms with E-state index in [1.165, 1.54) is 0 Å². The number of nitrogens with one attached hydrogen (secondary N) is 1. The van der Waals surface area contributed by atoms with Crippen LogP contribution < -0.4 is 4.72 Å². The molecule has 27 heavy (non-hydrogen) atoms. The Morgan fingerprint density at radius 2 is 2.11 bits per heavy atom. The quantitative estimate of drug-likeness (QED) is 0.271. The average molecular weight is 387 g/mol. The number of carbonyl (C=O) groups excluding carboxylic acids is 1. The smallest absolute Gasteiger partial charge is 0.145 e. The second-order valence-electron chi connectivity index (χ2n) is 6.77. The van der Waals surface area contributed by atoms with Crippen molar-refractivity contribution >= 4 is 40.5 Å². The number of nitrogens with zero attached hydrogens (tertiary/aromatic N) is 3. The van der Waals surface area contributed by atoms with E-state index < -0.39 is 0 Å². The number of aldehydes is 1. The fraction of sp³-hybridized carbons (Fsp3) is 0.429. The van der Waals surface area contributed by atoms with Crippen LogP contribution in [0.2, 0.25) is 0 Å². The van der Waals surface area contributed by atoms with Crippen molar-refractivity contribution in [3.63, 3.8) is 0 Å². The molecule has 0 atom stereocenters. The molecule has 0 aliphatic rings. The third-order valence-electron chi connectivity index (χ3n) is 4.10.